The molecule has 1 fully saturated rings. The maximum atomic E-state index is 12.8. The molecular weight excluding hydrogens is 1140 g/mol. The maximum Gasteiger partial charge on any atom is 0.481 e. The number of imidazole rings is 1. The van der Waals surface area contributed by atoms with E-state index in [1.165, 1.54) is 13.8 Å². The number of carbonyl (C=O) groups excluding carboxylic acids is 3. The number of nitrogen functional groups attached to an aromatic ring is 1. The molecule has 0 spiro atoms. The Morgan fingerprint density at radius 3 is 2.29 bits per heavy atom. The standard InChI is InChI=1S/C42H67N8O23P3S2/c1-42(2,22-70-76(67,68)73-75(65,66)69-20-28-35(72-74(62,63)64)34(57)40(71-28)50-24-49-33-37(44)47-23-48-38(33)50)36(58)39(59)46-16-15-30(53)45-17-18-77-32(56)19-25(51)11-8-6-4-3-5-7-9-13-29(78-21-26(43)41(60)61)27(52)12-10-14-31(54)55/h3-5,7,9,13,23-29,34-36,40,51-52,57-58H,6,8,10-12,14-22,43H2,1-2H3,(H,45,53)(H,46,59)(H,54,55)(H,60,61)(H,65,66)(H,67,68)(H2,44,47,48)(H2,62,63,64)/b4-3+,7-5+,13-9+. The number of aliphatic carboxylic acids is 2. The van der Waals surface area contributed by atoms with Gasteiger partial charge in [0.25, 0.3) is 0 Å². The summed E-state index contributed by atoms with van der Waals surface area (Å²) in [4.78, 5) is 110. The van der Waals surface area contributed by atoms with Gasteiger partial charge < -0.3 is 77.1 Å². The highest BCUT2D eigenvalue weighted by atomic mass is 32.2. The van der Waals surface area contributed by atoms with Crippen LogP contribution in [0.3, 0.4) is 0 Å². The molecule has 1 aliphatic heterocycles. The number of carbonyl (C=O) groups is 5. The van der Waals surface area contributed by atoms with Crippen LogP contribution in [0.1, 0.15) is 71.4 Å². The third-order valence-corrected chi connectivity index (χ3v) is 16.3. The van der Waals surface area contributed by atoms with Crippen LogP contribution >= 0.6 is 47.0 Å². The average Bonchev–Trinajstić information content (AvgIpc) is 3.91. The molecule has 2 aromatic rings. The Morgan fingerprint density at radius 1 is 0.923 bits per heavy atom. The van der Waals surface area contributed by atoms with Gasteiger partial charge in [0.1, 0.15) is 42.3 Å². The van der Waals surface area contributed by atoms with Gasteiger partial charge in [0.15, 0.2) is 22.8 Å². The molecule has 11 atom stereocenters. The molecule has 78 heavy (non-hydrogen) atoms. The second-order valence-electron chi connectivity index (χ2n) is 17.9. The van der Waals surface area contributed by atoms with Crippen LogP contribution < -0.4 is 22.1 Å². The van der Waals surface area contributed by atoms with Crippen molar-refractivity contribution in [2.45, 2.75) is 119 Å². The van der Waals surface area contributed by atoms with E-state index in [1.54, 1.807) is 30.4 Å². The van der Waals surface area contributed by atoms with E-state index in [9.17, 15) is 77.7 Å². The van der Waals surface area contributed by atoms with Gasteiger partial charge >= 0.3 is 35.4 Å². The number of anilines is 1. The third kappa shape index (κ3) is 24.8. The van der Waals surface area contributed by atoms with Crippen molar-refractivity contribution in [1.29, 1.82) is 0 Å². The molecule has 0 aliphatic carbocycles. The molecule has 3 rings (SSSR count). The number of nitrogens with two attached hydrogens (primary N) is 2. The summed E-state index contributed by atoms with van der Waals surface area (Å²) >= 11 is 2.06. The molecule has 31 nitrogen and oxygen atoms in total. The Labute approximate surface area is 455 Å². The van der Waals surface area contributed by atoms with Crippen LogP contribution in [-0.4, -0.2) is 184 Å². The Morgan fingerprint density at radius 2 is 1.62 bits per heavy atom. The molecule has 0 aromatic carbocycles. The third-order valence-electron chi connectivity index (χ3n) is 10.9. The molecule has 440 valence electrons. The van der Waals surface area contributed by atoms with Gasteiger partial charge in [-0.05, 0) is 32.1 Å². The Balaban J connectivity index is 1.32. The molecule has 0 saturated carbocycles. The number of unbranched alkanes of at least 4 members (excludes halogenated alkanes) is 1. The lowest BCUT2D eigenvalue weighted by Gasteiger charge is -2.30. The predicted molar refractivity (Wildman–Crippen MR) is 278 cm³/mol. The van der Waals surface area contributed by atoms with Crippen molar-refractivity contribution in [3.8, 4) is 0 Å². The number of aromatic nitrogens is 4. The molecule has 2 amide bonds. The van der Waals surface area contributed by atoms with Gasteiger partial charge in [-0.3, -0.25) is 42.1 Å². The lowest BCUT2D eigenvalue weighted by molar-refractivity contribution is -0.138. The molecule has 11 unspecified atom stereocenters. The summed E-state index contributed by atoms with van der Waals surface area (Å²) in [5, 5.41) is 64.4. The van der Waals surface area contributed by atoms with Crippen molar-refractivity contribution < 1.29 is 110 Å². The van der Waals surface area contributed by atoms with Crippen molar-refractivity contribution in [1.82, 2.24) is 30.2 Å². The van der Waals surface area contributed by atoms with Crippen LogP contribution in [-0.2, 0) is 60.3 Å². The monoisotopic (exact) mass is 1210 g/mol. The van der Waals surface area contributed by atoms with Crippen LogP contribution in [0.5, 0.6) is 0 Å². The number of hydrogen-bond acceptors (Lipinski definition) is 24. The minimum Gasteiger partial charge on any atom is -0.481 e. The van der Waals surface area contributed by atoms with Crippen LogP contribution in [0.4, 0.5) is 5.82 Å². The van der Waals surface area contributed by atoms with Gasteiger partial charge in [-0.15, -0.1) is 11.8 Å². The number of carboxylic acids is 2. The molecule has 36 heteroatoms. The largest absolute Gasteiger partial charge is 0.481 e. The molecule has 1 aliphatic rings. The van der Waals surface area contributed by atoms with Gasteiger partial charge in [0.2, 0.25) is 11.8 Å². The van der Waals surface area contributed by atoms with E-state index in [1.807, 2.05) is 6.08 Å². The van der Waals surface area contributed by atoms with Crippen molar-refractivity contribution >= 4 is 92.8 Å². The fourth-order valence-corrected chi connectivity index (χ4v) is 11.5. The molecule has 16 N–H and O–H groups in total. The summed E-state index contributed by atoms with van der Waals surface area (Å²) < 4.78 is 62.4. The summed E-state index contributed by atoms with van der Waals surface area (Å²) in [6, 6.07) is -1.13. The zero-order valence-electron chi connectivity index (χ0n) is 42.1. The van der Waals surface area contributed by atoms with E-state index < -0.39 is 120 Å². The van der Waals surface area contributed by atoms with E-state index in [2.05, 4.69) is 34.4 Å². The van der Waals surface area contributed by atoms with Crippen LogP contribution in [0.15, 0.2) is 49.1 Å². The van der Waals surface area contributed by atoms with Crippen LogP contribution in [0.25, 0.3) is 11.2 Å². The molecule has 3 heterocycles. The molecule has 1 saturated heterocycles. The number of nitrogens with one attached hydrogen (secondary N) is 2. The first-order valence-electron chi connectivity index (χ1n) is 23.6. The van der Waals surface area contributed by atoms with Crippen LogP contribution in [0.2, 0.25) is 0 Å². The summed E-state index contributed by atoms with van der Waals surface area (Å²) in [5.41, 5.74) is 9.75. The van der Waals surface area contributed by atoms with Gasteiger partial charge in [-0.1, -0.05) is 62.1 Å². The van der Waals surface area contributed by atoms with Crippen LogP contribution in [0, 0.1) is 5.41 Å². The Bertz CT molecular complexity index is 2560. The average molecular weight is 1210 g/mol. The summed E-state index contributed by atoms with van der Waals surface area (Å²) in [7, 11) is -16.5. The molecule has 0 radical (unpaired) electrons. The van der Waals surface area contributed by atoms with E-state index >= 15 is 0 Å². The van der Waals surface area contributed by atoms with Gasteiger partial charge in [-0.25, -0.2) is 28.6 Å². The number of allylic oxidation sites excluding steroid dienone is 5. The second kappa shape index (κ2) is 32.4. The van der Waals surface area contributed by atoms with E-state index in [-0.39, 0.29) is 78.8 Å². The number of nitrogens with zero attached hydrogens (tertiary/aromatic N) is 4. The first-order valence-corrected chi connectivity index (χ1v) is 30.2. The topological polar surface area (TPSA) is 505 Å². The summed E-state index contributed by atoms with van der Waals surface area (Å²) in [6.07, 6.45) is 3.13. The first-order chi connectivity index (χ1) is 36.4. The highest BCUT2D eigenvalue weighted by Crippen LogP contribution is 2.61. The zero-order valence-corrected chi connectivity index (χ0v) is 46.4. The lowest BCUT2D eigenvalue weighted by Crippen LogP contribution is -2.46. The van der Waals surface area contributed by atoms with Crippen molar-refractivity contribution in [3.05, 3.63) is 49.1 Å². The van der Waals surface area contributed by atoms with Gasteiger partial charge in [0.05, 0.1) is 31.7 Å². The minimum atomic E-state index is -5.62. The Hall–Kier alpha value is -4.05. The fraction of sp³-hybridized carbons (Fsp3) is 0.619. The number of phosphoric acid groups is 3. The maximum absolute atomic E-state index is 12.8. The Kier molecular flexibility index (Phi) is 28.3. The number of phosphoric ester groups is 3. The minimum absolute atomic E-state index is 0.0104. The van der Waals surface area contributed by atoms with Gasteiger partial charge in [0, 0.05) is 54.5 Å². The normalized spacial score (nSPS) is 20.8. The van der Waals surface area contributed by atoms with E-state index in [4.69, 9.17) is 35.5 Å². The number of thioether (sulfide) groups is 2. The fourth-order valence-electron chi connectivity index (χ4n) is 6.80. The number of carboxylic acid groups (broad SMARTS) is 2. The number of rotatable bonds is 37. The van der Waals surface area contributed by atoms with Crippen molar-refractivity contribution in [2.24, 2.45) is 11.1 Å². The molecular formula is C42H67N8O23P3S2. The number of aliphatic hydroxyl groups is 4. The number of amides is 2. The summed E-state index contributed by atoms with van der Waals surface area (Å²) in [5.74, 6) is -3.55. The first kappa shape index (κ1) is 68.2. The lowest BCUT2D eigenvalue weighted by atomic mass is 9.87. The summed E-state index contributed by atoms with van der Waals surface area (Å²) in [6.45, 7) is 0.146. The highest BCUT2D eigenvalue weighted by molar-refractivity contribution is 8.13. The van der Waals surface area contributed by atoms with Crippen molar-refractivity contribution in [3.63, 3.8) is 0 Å². The van der Waals surface area contributed by atoms with E-state index in [0.717, 1.165) is 40.7 Å². The SMILES string of the molecule is CC(C)(COP(=O)(O)OP(=O)(O)OCC1OC(n2cnc3c(N)ncnc32)C(O)C1OP(=O)(O)O)C(O)C(=O)NCCC(=O)NCCSC(=O)CC(O)CCC/C=C/C=C/C=C/C(SCC(N)C(=O)O)C(O)CCCC(=O)O. The second-order valence-corrected chi connectivity index (χ2v) is 24.5. The molecule has 0 bridgehead atoms. The smallest absolute Gasteiger partial charge is 0.481 e. The van der Waals surface area contributed by atoms with Gasteiger partial charge in [-0.2, -0.15) is 4.31 Å². The number of ether oxygens (including phenoxy) is 1. The molecule has 2 aromatic heterocycles. The van der Waals surface area contributed by atoms with Crippen molar-refractivity contribution in [2.75, 3.05) is 43.5 Å². The highest BCUT2D eigenvalue weighted by Gasteiger charge is 2.50. The number of aliphatic hydroxyl groups excluding tert-OH is 4. The zero-order chi connectivity index (χ0) is 58.4. The predicted octanol–water partition coefficient (Wildman–Crippen LogP) is 0.384. The van der Waals surface area contributed by atoms with E-state index in [0.29, 0.717) is 19.3 Å². The quantitative estimate of drug-likeness (QED) is 0.0247. The number of fused-ring (bicyclic) bond motifs is 1. The number of hydrogen-bond donors (Lipinski definition) is 14.